The highest BCUT2D eigenvalue weighted by Crippen LogP contribution is 2.34. The number of amides is 2. The van der Waals surface area contributed by atoms with Crippen LogP contribution in [0, 0.1) is 0 Å². The first-order valence-corrected chi connectivity index (χ1v) is 10.7. The standard InChI is InChI=1S/C20H18N4O2S2/c25-17(21-20-23-22-19(28-20)14-6-2-1-3-7-14)10-11-18(26)24-12-13-27-16-9-5-4-8-15(16)24/h1-9H,10-13H2,(H,21,23,25). The van der Waals surface area contributed by atoms with Gasteiger partial charge in [-0.1, -0.05) is 53.8 Å². The number of anilines is 2. The van der Waals surface area contributed by atoms with Gasteiger partial charge in [0.05, 0.1) is 5.69 Å². The van der Waals surface area contributed by atoms with Crippen LogP contribution in [-0.2, 0) is 9.59 Å². The van der Waals surface area contributed by atoms with Crippen LogP contribution in [0.15, 0.2) is 59.5 Å². The molecule has 0 unspecified atom stereocenters. The smallest absolute Gasteiger partial charge is 0.227 e. The van der Waals surface area contributed by atoms with Gasteiger partial charge in [0.25, 0.3) is 0 Å². The third kappa shape index (κ3) is 4.23. The van der Waals surface area contributed by atoms with Gasteiger partial charge in [-0.3, -0.25) is 9.59 Å². The molecule has 1 aromatic heterocycles. The minimum atomic E-state index is -0.233. The van der Waals surface area contributed by atoms with Crippen LogP contribution < -0.4 is 10.2 Å². The molecule has 2 amide bonds. The summed E-state index contributed by atoms with van der Waals surface area (Å²) < 4.78 is 0. The monoisotopic (exact) mass is 410 g/mol. The molecule has 0 bridgehead atoms. The topological polar surface area (TPSA) is 75.2 Å². The molecule has 3 aromatic rings. The van der Waals surface area contributed by atoms with E-state index in [1.54, 1.807) is 16.7 Å². The fraction of sp³-hybridized carbons (Fsp3) is 0.200. The average Bonchev–Trinajstić information content (AvgIpc) is 3.20. The number of nitrogens with one attached hydrogen (secondary N) is 1. The predicted molar refractivity (Wildman–Crippen MR) is 113 cm³/mol. The van der Waals surface area contributed by atoms with Crippen LogP contribution >= 0.6 is 23.1 Å². The molecule has 0 fully saturated rings. The first-order chi connectivity index (χ1) is 13.7. The lowest BCUT2D eigenvalue weighted by Crippen LogP contribution is -2.35. The third-order valence-electron chi connectivity index (χ3n) is 4.29. The molecule has 0 saturated heterocycles. The summed E-state index contributed by atoms with van der Waals surface area (Å²) in [6, 6.07) is 17.5. The van der Waals surface area contributed by atoms with Crippen molar-refractivity contribution in [1.82, 2.24) is 10.2 Å². The van der Waals surface area contributed by atoms with Crippen LogP contribution in [0.2, 0.25) is 0 Å². The zero-order chi connectivity index (χ0) is 19.3. The summed E-state index contributed by atoms with van der Waals surface area (Å²) in [6.07, 6.45) is 0.278. The van der Waals surface area contributed by atoms with E-state index in [1.165, 1.54) is 11.3 Å². The van der Waals surface area contributed by atoms with Gasteiger partial charge in [0.2, 0.25) is 16.9 Å². The fourth-order valence-electron chi connectivity index (χ4n) is 2.94. The second-order valence-corrected chi connectivity index (χ2v) is 8.30. The van der Waals surface area contributed by atoms with Crippen LogP contribution in [0.5, 0.6) is 0 Å². The van der Waals surface area contributed by atoms with Gasteiger partial charge in [-0.2, -0.15) is 0 Å². The third-order valence-corrected chi connectivity index (χ3v) is 6.22. The molecule has 0 radical (unpaired) electrons. The second kappa shape index (κ2) is 8.53. The number of thioether (sulfide) groups is 1. The molecule has 0 atom stereocenters. The van der Waals surface area contributed by atoms with Crippen molar-refractivity contribution in [3.8, 4) is 10.6 Å². The van der Waals surface area contributed by atoms with E-state index in [1.807, 2.05) is 54.6 Å². The Labute approximate surface area is 171 Å². The van der Waals surface area contributed by atoms with Crippen molar-refractivity contribution >= 4 is 45.7 Å². The number of fused-ring (bicyclic) bond motifs is 1. The first-order valence-electron chi connectivity index (χ1n) is 8.92. The minimum Gasteiger partial charge on any atom is -0.310 e. The largest absolute Gasteiger partial charge is 0.310 e. The molecule has 8 heteroatoms. The van der Waals surface area contributed by atoms with Crippen LogP contribution in [0.3, 0.4) is 0 Å². The van der Waals surface area contributed by atoms with Gasteiger partial charge in [0.15, 0.2) is 0 Å². The highest BCUT2D eigenvalue weighted by Gasteiger charge is 2.23. The maximum atomic E-state index is 12.6. The molecule has 1 aliphatic heterocycles. The van der Waals surface area contributed by atoms with Gasteiger partial charge in [0.1, 0.15) is 5.01 Å². The van der Waals surface area contributed by atoms with E-state index < -0.39 is 0 Å². The zero-order valence-corrected chi connectivity index (χ0v) is 16.6. The Morgan fingerprint density at radius 1 is 1.00 bits per heavy atom. The Kier molecular flexibility index (Phi) is 5.68. The molecule has 0 saturated carbocycles. The maximum absolute atomic E-state index is 12.6. The number of para-hydroxylation sites is 1. The highest BCUT2D eigenvalue weighted by molar-refractivity contribution is 7.99. The van der Waals surface area contributed by atoms with E-state index in [9.17, 15) is 9.59 Å². The molecule has 6 nitrogen and oxygen atoms in total. The van der Waals surface area contributed by atoms with Gasteiger partial charge in [-0.25, -0.2) is 0 Å². The quantitative estimate of drug-likeness (QED) is 0.686. The summed E-state index contributed by atoms with van der Waals surface area (Å²) in [7, 11) is 0. The summed E-state index contributed by atoms with van der Waals surface area (Å²) in [6.45, 7) is 0.666. The summed E-state index contributed by atoms with van der Waals surface area (Å²) >= 11 is 3.06. The summed E-state index contributed by atoms with van der Waals surface area (Å²) in [5.41, 5.74) is 1.89. The summed E-state index contributed by atoms with van der Waals surface area (Å²) in [5.74, 6) is 0.594. The lowest BCUT2D eigenvalue weighted by atomic mass is 10.2. The Balaban J connectivity index is 1.33. The number of nitrogens with zero attached hydrogens (tertiary/aromatic N) is 3. The maximum Gasteiger partial charge on any atom is 0.227 e. The molecule has 28 heavy (non-hydrogen) atoms. The number of aromatic nitrogens is 2. The minimum absolute atomic E-state index is 0.0369. The summed E-state index contributed by atoms with van der Waals surface area (Å²) in [5, 5.41) is 12.1. The fourth-order valence-corrected chi connectivity index (χ4v) is 4.70. The van der Waals surface area contributed by atoms with Crippen LogP contribution in [-0.4, -0.2) is 34.3 Å². The van der Waals surface area contributed by atoms with E-state index in [4.69, 9.17) is 0 Å². The van der Waals surface area contributed by atoms with E-state index in [2.05, 4.69) is 15.5 Å². The normalized spacial score (nSPS) is 13.1. The van der Waals surface area contributed by atoms with Gasteiger partial charge in [-0.15, -0.1) is 22.0 Å². The van der Waals surface area contributed by atoms with Crippen molar-refractivity contribution < 1.29 is 9.59 Å². The lowest BCUT2D eigenvalue weighted by Gasteiger charge is -2.28. The highest BCUT2D eigenvalue weighted by atomic mass is 32.2. The van der Waals surface area contributed by atoms with Gasteiger partial charge >= 0.3 is 0 Å². The van der Waals surface area contributed by atoms with Crippen LogP contribution in [0.25, 0.3) is 10.6 Å². The first kappa shape index (κ1) is 18.6. The van der Waals surface area contributed by atoms with Crippen molar-refractivity contribution in [2.75, 3.05) is 22.5 Å². The zero-order valence-electron chi connectivity index (χ0n) is 15.0. The van der Waals surface area contributed by atoms with Crippen molar-refractivity contribution in [1.29, 1.82) is 0 Å². The molecule has 0 aliphatic carbocycles. The number of rotatable bonds is 5. The number of hydrogen-bond acceptors (Lipinski definition) is 6. The molecule has 0 spiro atoms. The van der Waals surface area contributed by atoms with E-state index >= 15 is 0 Å². The van der Waals surface area contributed by atoms with Gasteiger partial charge in [0, 0.05) is 35.6 Å². The molecular formula is C20H18N4O2S2. The van der Waals surface area contributed by atoms with Gasteiger partial charge < -0.3 is 10.2 Å². The molecule has 1 N–H and O–H groups in total. The molecule has 2 aromatic carbocycles. The predicted octanol–water partition coefficient (Wildman–Crippen LogP) is 4.06. The Bertz CT molecular complexity index is 991. The van der Waals surface area contributed by atoms with Crippen molar-refractivity contribution in [3.63, 3.8) is 0 Å². The molecule has 4 rings (SSSR count). The van der Waals surface area contributed by atoms with Gasteiger partial charge in [-0.05, 0) is 12.1 Å². The van der Waals surface area contributed by atoms with E-state index in [0.29, 0.717) is 11.7 Å². The molecule has 142 valence electrons. The lowest BCUT2D eigenvalue weighted by molar-refractivity contribution is -0.122. The Hall–Kier alpha value is -2.71. The number of carbonyl (C=O) groups is 2. The Morgan fingerprint density at radius 2 is 1.79 bits per heavy atom. The van der Waals surface area contributed by atoms with Crippen molar-refractivity contribution in [3.05, 3.63) is 54.6 Å². The molecule has 1 aliphatic rings. The Morgan fingerprint density at radius 3 is 2.64 bits per heavy atom. The molecule has 2 heterocycles. The average molecular weight is 411 g/mol. The van der Waals surface area contributed by atoms with E-state index in [0.717, 1.165) is 26.9 Å². The van der Waals surface area contributed by atoms with Crippen molar-refractivity contribution in [2.45, 2.75) is 17.7 Å². The molecular weight excluding hydrogens is 392 g/mol. The van der Waals surface area contributed by atoms with E-state index in [-0.39, 0.29) is 24.7 Å². The number of carbonyl (C=O) groups excluding carboxylic acids is 2. The number of benzene rings is 2. The van der Waals surface area contributed by atoms with Crippen LogP contribution in [0.1, 0.15) is 12.8 Å². The van der Waals surface area contributed by atoms with Crippen LogP contribution in [0.4, 0.5) is 10.8 Å². The van der Waals surface area contributed by atoms with Crippen molar-refractivity contribution in [2.24, 2.45) is 0 Å². The SMILES string of the molecule is O=C(CCC(=O)N1CCSc2ccccc21)Nc1nnc(-c2ccccc2)s1. The summed E-state index contributed by atoms with van der Waals surface area (Å²) in [4.78, 5) is 27.7. The number of hydrogen-bond donors (Lipinski definition) is 1. The second-order valence-electron chi connectivity index (χ2n) is 6.19.